The highest BCUT2D eigenvalue weighted by Gasteiger charge is 2.57. The topological polar surface area (TPSA) is 47.3 Å². The first-order valence-electron chi connectivity index (χ1n) is 6.50. The van der Waals surface area contributed by atoms with Crippen LogP contribution in [0.4, 0.5) is 10.1 Å². The highest BCUT2D eigenvalue weighted by molar-refractivity contribution is 5.52. The largest absolute Gasteiger partial charge is 0.497 e. The van der Waals surface area contributed by atoms with E-state index >= 15 is 0 Å². The van der Waals surface area contributed by atoms with E-state index in [-0.39, 0.29) is 11.4 Å². The van der Waals surface area contributed by atoms with Gasteiger partial charge in [-0.2, -0.15) is 0 Å². The van der Waals surface area contributed by atoms with E-state index in [0.29, 0.717) is 23.9 Å². The van der Waals surface area contributed by atoms with Crippen molar-refractivity contribution >= 4 is 5.69 Å². The quantitative estimate of drug-likeness (QED) is 0.862. The fourth-order valence-corrected chi connectivity index (χ4v) is 3.33. The lowest BCUT2D eigenvalue weighted by Gasteiger charge is -2.32. The van der Waals surface area contributed by atoms with Gasteiger partial charge in [-0.3, -0.25) is 0 Å². The number of nitrogens with one attached hydrogen (secondary N) is 1. The molecule has 0 saturated heterocycles. The van der Waals surface area contributed by atoms with Crippen LogP contribution in [0.25, 0.3) is 0 Å². The fraction of sp³-hybridized carbons (Fsp3) is 0.571. The second-order valence-electron chi connectivity index (χ2n) is 5.47. The van der Waals surface area contributed by atoms with Crippen LogP contribution in [0.2, 0.25) is 0 Å². The maximum Gasteiger partial charge on any atom is 0.146 e. The third-order valence-electron chi connectivity index (χ3n) is 4.51. The van der Waals surface area contributed by atoms with E-state index in [1.807, 2.05) is 0 Å². The van der Waals surface area contributed by atoms with Gasteiger partial charge < -0.3 is 15.8 Å². The molecule has 0 heterocycles. The predicted molar refractivity (Wildman–Crippen MR) is 69.2 cm³/mol. The number of rotatable bonds is 4. The standard InChI is InChI=1S/C14H19FN2O/c1-18-10-2-3-12(15)13(7-10)17-14(8-16)5-4-9-6-11(9)14/h2-3,7,9,11,17H,4-6,8,16H2,1H3. The highest BCUT2D eigenvalue weighted by atomic mass is 19.1. The van der Waals surface area contributed by atoms with Gasteiger partial charge in [0.1, 0.15) is 11.6 Å². The van der Waals surface area contributed by atoms with Crippen molar-refractivity contribution in [1.82, 2.24) is 0 Å². The molecule has 0 amide bonds. The Labute approximate surface area is 107 Å². The van der Waals surface area contributed by atoms with Gasteiger partial charge in [-0.15, -0.1) is 0 Å². The van der Waals surface area contributed by atoms with Crippen molar-refractivity contribution < 1.29 is 9.13 Å². The third-order valence-corrected chi connectivity index (χ3v) is 4.51. The van der Waals surface area contributed by atoms with Gasteiger partial charge in [-0.1, -0.05) is 0 Å². The monoisotopic (exact) mass is 250 g/mol. The number of hydrogen-bond donors (Lipinski definition) is 2. The highest BCUT2D eigenvalue weighted by Crippen LogP contribution is 2.58. The van der Waals surface area contributed by atoms with Gasteiger partial charge in [-0.05, 0) is 43.2 Å². The minimum Gasteiger partial charge on any atom is -0.497 e. The van der Waals surface area contributed by atoms with E-state index in [0.717, 1.165) is 12.3 Å². The van der Waals surface area contributed by atoms with E-state index in [2.05, 4.69) is 5.32 Å². The first-order chi connectivity index (χ1) is 8.68. The van der Waals surface area contributed by atoms with Gasteiger partial charge in [0.05, 0.1) is 18.3 Å². The molecule has 3 N–H and O–H groups in total. The van der Waals surface area contributed by atoms with Crippen molar-refractivity contribution in [3.05, 3.63) is 24.0 Å². The summed E-state index contributed by atoms with van der Waals surface area (Å²) in [6.45, 7) is 0.560. The number of benzene rings is 1. The Kier molecular flexibility index (Phi) is 2.70. The average molecular weight is 250 g/mol. The summed E-state index contributed by atoms with van der Waals surface area (Å²) in [7, 11) is 1.59. The summed E-state index contributed by atoms with van der Waals surface area (Å²) in [5.41, 5.74) is 6.33. The molecule has 0 aromatic heterocycles. The summed E-state index contributed by atoms with van der Waals surface area (Å²) >= 11 is 0. The first kappa shape index (κ1) is 11.8. The summed E-state index contributed by atoms with van der Waals surface area (Å²) in [5.74, 6) is 1.84. The number of nitrogens with two attached hydrogens (primary N) is 1. The second-order valence-corrected chi connectivity index (χ2v) is 5.47. The van der Waals surface area contributed by atoms with Crippen molar-refractivity contribution in [2.24, 2.45) is 17.6 Å². The second kappa shape index (κ2) is 4.12. The molecule has 2 aliphatic carbocycles. The SMILES string of the molecule is COc1ccc(F)c(NC2(CN)CCC3CC32)c1. The Morgan fingerprint density at radius 3 is 2.94 bits per heavy atom. The molecule has 0 spiro atoms. The molecule has 98 valence electrons. The lowest BCUT2D eigenvalue weighted by Crippen LogP contribution is -2.46. The molecular weight excluding hydrogens is 231 g/mol. The molecule has 1 aromatic carbocycles. The Balaban J connectivity index is 1.87. The molecule has 18 heavy (non-hydrogen) atoms. The van der Waals surface area contributed by atoms with Crippen molar-refractivity contribution in [3.63, 3.8) is 0 Å². The Hall–Kier alpha value is -1.29. The molecule has 2 saturated carbocycles. The normalized spacial score (nSPS) is 33.1. The zero-order chi connectivity index (χ0) is 12.8. The third kappa shape index (κ3) is 1.75. The van der Waals surface area contributed by atoms with Crippen LogP contribution < -0.4 is 15.8 Å². The summed E-state index contributed by atoms with van der Waals surface area (Å²) in [6.07, 6.45) is 3.48. The molecule has 3 unspecified atom stereocenters. The fourth-order valence-electron chi connectivity index (χ4n) is 3.33. The Morgan fingerprint density at radius 1 is 1.56 bits per heavy atom. The van der Waals surface area contributed by atoms with Crippen LogP contribution in [0.1, 0.15) is 19.3 Å². The van der Waals surface area contributed by atoms with Crippen LogP contribution in [0, 0.1) is 17.7 Å². The van der Waals surface area contributed by atoms with Crippen LogP contribution in [0.15, 0.2) is 18.2 Å². The lowest BCUT2D eigenvalue weighted by molar-refractivity contribution is 0.411. The van der Waals surface area contributed by atoms with Gasteiger partial charge in [0.25, 0.3) is 0 Å². The number of fused-ring (bicyclic) bond motifs is 1. The number of halogens is 1. The molecular formula is C14H19FN2O. The molecule has 0 bridgehead atoms. The van der Waals surface area contributed by atoms with Gasteiger partial charge in [0.2, 0.25) is 0 Å². The smallest absolute Gasteiger partial charge is 0.146 e. The Bertz CT molecular complexity index is 465. The molecule has 0 radical (unpaired) electrons. The van der Waals surface area contributed by atoms with Gasteiger partial charge in [0.15, 0.2) is 0 Å². The number of anilines is 1. The summed E-state index contributed by atoms with van der Waals surface area (Å²) < 4.78 is 19.0. The molecule has 3 nitrogen and oxygen atoms in total. The lowest BCUT2D eigenvalue weighted by atomic mass is 9.92. The van der Waals surface area contributed by atoms with E-state index in [9.17, 15) is 4.39 Å². The Morgan fingerprint density at radius 2 is 2.39 bits per heavy atom. The minimum atomic E-state index is -0.243. The molecule has 2 aliphatic rings. The molecule has 1 aromatic rings. The summed E-state index contributed by atoms with van der Waals surface area (Å²) in [4.78, 5) is 0. The molecule has 0 aliphatic heterocycles. The van der Waals surface area contributed by atoms with E-state index in [4.69, 9.17) is 10.5 Å². The van der Waals surface area contributed by atoms with Crippen LogP contribution >= 0.6 is 0 Å². The van der Waals surface area contributed by atoms with E-state index < -0.39 is 0 Å². The van der Waals surface area contributed by atoms with Gasteiger partial charge in [0, 0.05) is 12.6 Å². The molecule has 4 heteroatoms. The number of ether oxygens (including phenoxy) is 1. The predicted octanol–water partition coefficient (Wildman–Crippen LogP) is 2.37. The summed E-state index contributed by atoms with van der Waals surface area (Å²) in [5, 5.41) is 3.36. The number of hydrogen-bond acceptors (Lipinski definition) is 3. The minimum absolute atomic E-state index is 0.113. The van der Waals surface area contributed by atoms with Gasteiger partial charge >= 0.3 is 0 Å². The zero-order valence-electron chi connectivity index (χ0n) is 10.6. The van der Waals surface area contributed by atoms with Crippen molar-refractivity contribution in [2.75, 3.05) is 19.0 Å². The zero-order valence-corrected chi connectivity index (χ0v) is 10.6. The van der Waals surface area contributed by atoms with Gasteiger partial charge in [-0.25, -0.2) is 4.39 Å². The summed E-state index contributed by atoms with van der Waals surface area (Å²) in [6, 6.07) is 4.78. The maximum absolute atomic E-state index is 13.8. The number of methoxy groups -OCH3 is 1. The van der Waals surface area contributed by atoms with Crippen molar-refractivity contribution in [1.29, 1.82) is 0 Å². The maximum atomic E-state index is 13.8. The molecule has 2 fully saturated rings. The van der Waals surface area contributed by atoms with Crippen LogP contribution in [-0.4, -0.2) is 19.2 Å². The molecule has 3 rings (SSSR count). The molecule has 3 atom stereocenters. The van der Waals surface area contributed by atoms with Crippen molar-refractivity contribution in [2.45, 2.75) is 24.8 Å². The average Bonchev–Trinajstić information content (AvgIpc) is 3.11. The first-order valence-corrected chi connectivity index (χ1v) is 6.50. The van der Waals surface area contributed by atoms with E-state index in [1.54, 1.807) is 19.2 Å². The van der Waals surface area contributed by atoms with Crippen molar-refractivity contribution in [3.8, 4) is 5.75 Å². The van der Waals surface area contributed by atoms with E-state index in [1.165, 1.54) is 18.9 Å². The van der Waals surface area contributed by atoms with Crippen LogP contribution in [0.3, 0.4) is 0 Å². The van der Waals surface area contributed by atoms with Crippen LogP contribution in [-0.2, 0) is 0 Å². The van der Waals surface area contributed by atoms with Crippen LogP contribution in [0.5, 0.6) is 5.75 Å².